The first kappa shape index (κ1) is 8.60. The zero-order valence-corrected chi connectivity index (χ0v) is 8.55. The van der Waals surface area contributed by atoms with Crippen LogP contribution in [0.15, 0.2) is 0 Å². The first-order valence-corrected chi connectivity index (χ1v) is 14.5. The summed E-state index contributed by atoms with van der Waals surface area (Å²) in [5.74, 6) is 0. The van der Waals surface area contributed by atoms with Crippen LogP contribution in [0.25, 0.3) is 0 Å². The summed E-state index contributed by atoms with van der Waals surface area (Å²) < 4.78 is 11.5. The first-order valence-electron chi connectivity index (χ1n) is 1.69. The standard InChI is InChI=1S/C2H4F.3ClH.Sn/c1-2-3;;;;/h1-2H2;3*1H;/q;;;;+3/p-3. The third kappa shape index (κ3) is 7.60. The molecule has 0 N–H and O–H groups in total. The second-order valence-electron chi connectivity index (χ2n) is 1.05. The molecule has 0 nitrogen and oxygen atoms in total. The van der Waals surface area contributed by atoms with E-state index in [0.717, 1.165) is 0 Å². The van der Waals surface area contributed by atoms with E-state index in [1.54, 1.807) is 0 Å². The molecule has 0 radical (unpaired) electrons. The van der Waals surface area contributed by atoms with E-state index < -0.39 is 21.7 Å². The van der Waals surface area contributed by atoms with Crippen LogP contribution in [-0.4, -0.2) is 21.7 Å². The van der Waals surface area contributed by atoms with E-state index in [0.29, 0.717) is 0 Å². The molecule has 5 heteroatoms. The van der Waals surface area contributed by atoms with Gasteiger partial charge in [-0.2, -0.15) is 0 Å². The molecule has 0 saturated carbocycles. The third-order valence-corrected chi connectivity index (χ3v) is 6.34. The molecule has 0 unspecified atom stereocenters. The normalized spacial score (nSPS) is 12.0. The van der Waals surface area contributed by atoms with Crippen LogP contribution in [0.3, 0.4) is 0 Å². The van der Waals surface area contributed by atoms with E-state index >= 15 is 0 Å². The van der Waals surface area contributed by atoms with E-state index in [1.165, 1.54) is 0 Å². The number of hydrogen-bond acceptors (Lipinski definition) is 0. The van der Waals surface area contributed by atoms with Gasteiger partial charge < -0.3 is 0 Å². The fourth-order valence-corrected chi connectivity index (χ4v) is 2.16. The predicted molar refractivity (Wildman–Crippen MR) is 34.1 cm³/mol. The minimum atomic E-state index is -3.23. The van der Waals surface area contributed by atoms with Crippen molar-refractivity contribution in [2.75, 3.05) is 6.67 Å². The Hall–Kier alpha value is 1.60. The Balaban J connectivity index is 3.15. The fraction of sp³-hybridized carbons (Fsp3) is 1.00. The number of rotatable bonds is 2. The van der Waals surface area contributed by atoms with Gasteiger partial charge in [0.25, 0.3) is 0 Å². The molecule has 0 rings (SSSR count). The van der Waals surface area contributed by atoms with Gasteiger partial charge in [0.2, 0.25) is 0 Å². The summed E-state index contributed by atoms with van der Waals surface area (Å²) in [5, 5.41) is 0. The molecule has 0 aromatic heterocycles. The van der Waals surface area contributed by atoms with Crippen molar-refractivity contribution in [2.45, 2.75) is 4.44 Å². The van der Waals surface area contributed by atoms with E-state index in [1.807, 2.05) is 0 Å². The third-order valence-electron chi connectivity index (χ3n) is 0.378. The molecule has 0 fully saturated rings. The molecule has 0 bridgehead atoms. The second-order valence-corrected chi connectivity index (χ2v) is 22.9. The van der Waals surface area contributed by atoms with E-state index in [9.17, 15) is 4.39 Å². The van der Waals surface area contributed by atoms with Crippen molar-refractivity contribution in [3.63, 3.8) is 0 Å². The molecule has 0 aliphatic rings. The molecule has 0 amide bonds. The van der Waals surface area contributed by atoms with Crippen molar-refractivity contribution in [3.8, 4) is 0 Å². The number of hydrogen-bond donors (Lipinski definition) is 0. The quantitative estimate of drug-likeness (QED) is 0.678. The molecule has 0 aliphatic carbocycles. The van der Waals surface area contributed by atoms with Crippen LogP contribution < -0.4 is 0 Å². The topological polar surface area (TPSA) is 0 Å². The van der Waals surface area contributed by atoms with Crippen LogP contribution in [0.1, 0.15) is 0 Å². The van der Waals surface area contributed by atoms with Crippen LogP contribution >= 0.6 is 26.8 Å². The monoisotopic (exact) mass is 272 g/mol. The molecule has 0 aromatic rings. The van der Waals surface area contributed by atoms with Gasteiger partial charge in [-0.15, -0.1) is 0 Å². The minimum absolute atomic E-state index is 0.180. The van der Waals surface area contributed by atoms with Crippen LogP contribution in [-0.2, 0) is 0 Å². The molecular formula is C2H4Cl3FSn. The van der Waals surface area contributed by atoms with E-state index in [-0.39, 0.29) is 4.44 Å². The summed E-state index contributed by atoms with van der Waals surface area (Å²) in [6.45, 7) is -0.493. The molecule has 44 valence electrons. The summed E-state index contributed by atoms with van der Waals surface area (Å²) in [4.78, 5) is 0. The van der Waals surface area contributed by atoms with Crippen LogP contribution in [0.4, 0.5) is 4.39 Å². The molecular weight excluding hydrogens is 268 g/mol. The Morgan fingerprint density at radius 1 is 1.29 bits per heavy atom. The van der Waals surface area contributed by atoms with E-state index in [2.05, 4.69) is 0 Å². The van der Waals surface area contributed by atoms with Gasteiger partial charge in [-0.25, -0.2) is 0 Å². The average molecular weight is 272 g/mol. The Morgan fingerprint density at radius 2 is 1.71 bits per heavy atom. The van der Waals surface area contributed by atoms with Crippen molar-refractivity contribution in [1.82, 2.24) is 0 Å². The predicted octanol–water partition coefficient (Wildman–Crippen LogP) is 2.61. The summed E-state index contributed by atoms with van der Waals surface area (Å²) in [5.41, 5.74) is 0. The molecule has 0 spiro atoms. The van der Waals surface area contributed by atoms with Gasteiger partial charge in [-0.05, 0) is 0 Å². The van der Waals surface area contributed by atoms with Gasteiger partial charge in [0.1, 0.15) is 0 Å². The number of alkyl halides is 1. The van der Waals surface area contributed by atoms with Crippen molar-refractivity contribution in [2.24, 2.45) is 0 Å². The summed E-state index contributed by atoms with van der Waals surface area (Å²) >= 11 is -3.23. The molecule has 0 atom stereocenters. The zero-order chi connectivity index (χ0) is 5.91. The van der Waals surface area contributed by atoms with Crippen molar-refractivity contribution >= 4 is 41.8 Å². The van der Waals surface area contributed by atoms with E-state index in [4.69, 9.17) is 26.8 Å². The summed E-state index contributed by atoms with van der Waals surface area (Å²) in [7, 11) is 16.0. The SMILES string of the molecule is FC[CH2][Sn]([Cl])([Cl])[Cl]. The van der Waals surface area contributed by atoms with Crippen molar-refractivity contribution < 1.29 is 4.39 Å². The molecule has 0 heterocycles. The fourth-order valence-electron chi connectivity index (χ4n) is 0.107. The van der Waals surface area contributed by atoms with Crippen LogP contribution in [0, 0.1) is 0 Å². The van der Waals surface area contributed by atoms with Gasteiger partial charge in [-0.3, -0.25) is 0 Å². The van der Waals surface area contributed by atoms with Gasteiger partial charge in [0, 0.05) is 0 Å². The Labute approximate surface area is 57.0 Å². The summed E-state index contributed by atoms with van der Waals surface area (Å²) in [6, 6.07) is 0. The van der Waals surface area contributed by atoms with Gasteiger partial charge in [-0.1, -0.05) is 0 Å². The maximum atomic E-state index is 11.3. The maximum absolute atomic E-state index is 11.3. The van der Waals surface area contributed by atoms with Crippen LogP contribution in [0.2, 0.25) is 4.44 Å². The zero-order valence-electron chi connectivity index (χ0n) is 3.43. The number of halogens is 4. The molecule has 7 heavy (non-hydrogen) atoms. The van der Waals surface area contributed by atoms with Gasteiger partial charge in [0.05, 0.1) is 0 Å². The Morgan fingerprint density at radius 3 is 1.71 bits per heavy atom. The van der Waals surface area contributed by atoms with Crippen molar-refractivity contribution in [1.29, 1.82) is 0 Å². The first-order chi connectivity index (χ1) is 3.06. The average Bonchev–Trinajstić information content (AvgIpc) is 1.30. The molecule has 0 saturated heterocycles. The van der Waals surface area contributed by atoms with Gasteiger partial charge >= 0.3 is 57.3 Å². The Bertz CT molecular complexity index is 51.4. The van der Waals surface area contributed by atoms with Crippen molar-refractivity contribution in [3.05, 3.63) is 0 Å². The second kappa shape index (κ2) is 3.59. The Kier molecular flexibility index (Phi) is 4.41. The molecule has 0 aliphatic heterocycles. The molecule has 0 aromatic carbocycles. The summed E-state index contributed by atoms with van der Waals surface area (Å²) in [6.07, 6.45) is 0. The van der Waals surface area contributed by atoms with Crippen LogP contribution in [0.5, 0.6) is 0 Å². The van der Waals surface area contributed by atoms with Gasteiger partial charge in [0.15, 0.2) is 0 Å².